The average Bonchev–Trinajstić information content (AvgIpc) is 3.61. The maximum atomic E-state index is 15.0. The molecule has 0 nitrogen and oxygen atoms in total. The second-order valence-electron chi connectivity index (χ2n) is 12.9. The first-order chi connectivity index (χ1) is 21.1. The first-order valence-electron chi connectivity index (χ1n) is 15.4. The summed E-state index contributed by atoms with van der Waals surface area (Å²) in [5.41, 5.74) is 10.3. The number of rotatable bonds is 7. The van der Waals surface area contributed by atoms with Crippen molar-refractivity contribution in [2.75, 3.05) is 0 Å². The zero-order valence-electron chi connectivity index (χ0n) is 26.7. The molecule has 1 atom stereocenters. The number of hydrogen-bond donors (Lipinski definition) is 0. The number of allylic oxidation sites excluding steroid dienone is 4. The van der Waals surface area contributed by atoms with Crippen molar-refractivity contribution in [3.05, 3.63) is 158 Å². The largest absolute Gasteiger partial charge is 1.00 e. The molecule has 4 aromatic carbocycles. The van der Waals surface area contributed by atoms with E-state index < -0.39 is 21.3 Å². The number of benzene rings is 4. The Bertz CT molecular complexity index is 1880. The average molecular weight is 731 g/mol. The fraction of sp³-hybridized carbons (Fsp3) is 0.195. The molecule has 0 N–H and O–H groups in total. The molecule has 1 unspecified atom stereocenters. The van der Waals surface area contributed by atoms with Gasteiger partial charge < -0.3 is 24.8 Å². The Labute approximate surface area is 292 Å². The van der Waals surface area contributed by atoms with Crippen molar-refractivity contribution in [3.8, 4) is 11.1 Å². The zero-order chi connectivity index (χ0) is 31.2. The smallest absolute Gasteiger partial charge is 1.00 e. The Balaban J connectivity index is 0.00000240. The second-order valence-corrected chi connectivity index (χ2v) is 18.7. The molecule has 0 aromatic heterocycles. The van der Waals surface area contributed by atoms with Crippen LogP contribution < -0.4 is 28.1 Å². The van der Waals surface area contributed by atoms with Gasteiger partial charge in [0, 0.05) is 0 Å². The van der Waals surface area contributed by atoms with E-state index in [-0.39, 0.29) is 47.8 Å². The van der Waals surface area contributed by atoms with Gasteiger partial charge in [-0.15, -0.1) is 0 Å². The van der Waals surface area contributed by atoms with Gasteiger partial charge in [-0.1, -0.05) is 0 Å². The van der Waals surface area contributed by atoms with E-state index in [1.54, 1.807) is 24.3 Å². The summed E-state index contributed by atoms with van der Waals surface area (Å²) in [6.45, 7) is 17.2. The Morgan fingerprint density at radius 2 is 1.43 bits per heavy atom. The van der Waals surface area contributed by atoms with Crippen molar-refractivity contribution in [3.63, 3.8) is 0 Å². The van der Waals surface area contributed by atoms with Gasteiger partial charge in [0.1, 0.15) is 0 Å². The first-order valence-corrected chi connectivity index (χ1v) is 19.1. The summed E-state index contributed by atoms with van der Waals surface area (Å²) in [4.78, 5) is 0. The molecule has 6 rings (SSSR count). The van der Waals surface area contributed by atoms with Crippen molar-refractivity contribution in [1.29, 1.82) is 0 Å². The van der Waals surface area contributed by atoms with E-state index in [0.29, 0.717) is 0 Å². The normalized spacial score (nSPS) is 14.4. The molecule has 234 valence electrons. The molecule has 4 aromatic rings. The minimum absolute atomic E-state index is 0. The van der Waals surface area contributed by atoms with Gasteiger partial charge in [-0.3, -0.25) is 0 Å². The summed E-state index contributed by atoms with van der Waals surface area (Å²) in [6.07, 6.45) is 10.5. The van der Waals surface area contributed by atoms with E-state index in [4.69, 9.17) is 0 Å². The maximum absolute atomic E-state index is 15.0. The third-order valence-electron chi connectivity index (χ3n) is 8.97. The molecule has 2 aliphatic rings. The standard InChI is InChI=1S/C17H13.C13H8F2.C11H17.2ClH.Zr/c1-3-12-5-7-14-11-15-8-6-13(4-2)10-17(15)16(14)9-12;14-12-5-1-3-10(8-12)7-11-4-2-6-13(15)9-11;1-5-9-6-7-10(8-9)11(2,3)4;;;/h3-7,9-10H,1-2,11H2;1-6,8-9H;7-9H,5H2,1-4H3;2*1H;/q;;;;;+2/p-2. The van der Waals surface area contributed by atoms with Gasteiger partial charge in [0.05, 0.1) is 0 Å². The van der Waals surface area contributed by atoms with Crippen molar-refractivity contribution in [2.24, 2.45) is 11.3 Å². The fourth-order valence-electron chi connectivity index (χ4n) is 6.65. The molecule has 5 heteroatoms. The fourth-order valence-corrected chi connectivity index (χ4v) is 15.4. The van der Waals surface area contributed by atoms with Crippen LogP contribution in [-0.4, -0.2) is 3.21 Å². The van der Waals surface area contributed by atoms with Gasteiger partial charge in [0.25, 0.3) is 0 Å². The Morgan fingerprint density at radius 3 is 1.98 bits per heavy atom. The minimum atomic E-state index is -3.23. The molecule has 0 heterocycles. The van der Waals surface area contributed by atoms with Crippen LogP contribution in [0.2, 0.25) is 0 Å². The predicted molar refractivity (Wildman–Crippen MR) is 180 cm³/mol. The Hall–Kier alpha value is -2.97. The van der Waals surface area contributed by atoms with Crippen LogP contribution in [0.1, 0.15) is 67.5 Å². The van der Waals surface area contributed by atoms with Gasteiger partial charge in [-0.25, -0.2) is 0 Å². The molecule has 0 spiro atoms. The molecular weight excluding hydrogens is 693 g/mol. The van der Waals surface area contributed by atoms with Crippen molar-refractivity contribution in [2.45, 2.75) is 40.5 Å². The summed E-state index contributed by atoms with van der Waals surface area (Å²) >= 11 is -3.23. The van der Waals surface area contributed by atoms with E-state index in [9.17, 15) is 0 Å². The minimum Gasteiger partial charge on any atom is -1.00 e. The first kappa shape index (κ1) is 35.9. The topological polar surface area (TPSA) is 0 Å². The molecule has 0 saturated carbocycles. The quantitative estimate of drug-likeness (QED) is 0.235. The van der Waals surface area contributed by atoms with Crippen molar-refractivity contribution >= 4 is 18.6 Å². The second kappa shape index (κ2) is 14.4. The predicted octanol–water partition coefficient (Wildman–Crippen LogP) is 4.24. The number of fused-ring (bicyclic) bond motifs is 3. The molecule has 46 heavy (non-hydrogen) atoms. The van der Waals surface area contributed by atoms with Gasteiger partial charge in [-0.2, -0.15) is 0 Å². The molecule has 0 fully saturated rings. The van der Waals surface area contributed by atoms with E-state index >= 15 is 8.78 Å². The number of halogens is 4. The summed E-state index contributed by atoms with van der Waals surface area (Å²) in [6, 6.07) is 25.0. The van der Waals surface area contributed by atoms with Crippen LogP contribution in [0.3, 0.4) is 0 Å². The van der Waals surface area contributed by atoms with Crippen molar-refractivity contribution in [1.82, 2.24) is 0 Å². The van der Waals surface area contributed by atoms with Crippen LogP contribution in [-0.2, 0) is 27.7 Å². The van der Waals surface area contributed by atoms with Crippen LogP contribution in [0.15, 0.2) is 113 Å². The third-order valence-corrected chi connectivity index (χ3v) is 16.7. The van der Waals surface area contributed by atoms with Crippen LogP contribution >= 0.6 is 0 Å². The molecule has 0 radical (unpaired) electrons. The monoisotopic (exact) mass is 728 g/mol. The molecule has 0 amide bonds. The number of hydrogen-bond acceptors (Lipinski definition) is 0. The van der Waals surface area contributed by atoms with Gasteiger partial charge in [-0.05, 0) is 0 Å². The SMILES string of the molecule is C=Cc1ccc2c(c1)-c1cc(C=C)c[c]([Zr+2]([C]3=CC(C(C)(C)C)=CC3CC)=[C](c3cccc(F)c3)c3cccc(F)c3)c1C2.[Cl-].[Cl-]. The molecule has 0 saturated heterocycles. The third kappa shape index (κ3) is 6.84. The van der Waals surface area contributed by atoms with Crippen LogP contribution in [0, 0.1) is 23.0 Å². The van der Waals surface area contributed by atoms with E-state index in [2.05, 4.69) is 83.3 Å². The molecule has 2 aliphatic carbocycles. The van der Waals surface area contributed by atoms with Crippen LogP contribution in [0.5, 0.6) is 0 Å². The van der Waals surface area contributed by atoms with E-state index in [1.165, 1.54) is 46.5 Å². The zero-order valence-corrected chi connectivity index (χ0v) is 30.7. The van der Waals surface area contributed by atoms with E-state index in [1.807, 2.05) is 24.3 Å². The van der Waals surface area contributed by atoms with Crippen LogP contribution in [0.4, 0.5) is 8.78 Å². The van der Waals surface area contributed by atoms with Crippen molar-refractivity contribution < 1.29 is 54.9 Å². The molecule has 0 aliphatic heterocycles. The summed E-state index contributed by atoms with van der Waals surface area (Å²) < 4.78 is 33.9. The molecule has 0 bridgehead atoms. The van der Waals surface area contributed by atoms with Crippen LogP contribution in [0.25, 0.3) is 23.3 Å². The Kier molecular flexibility index (Phi) is 11.3. The van der Waals surface area contributed by atoms with Gasteiger partial charge in [0.2, 0.25) is 0 Å². The maximum Gasteiger partial charge on any atom is -1.00 e. The summed E-state index contributed by atoms with van der Waals surface area (Å²) in [7, 11) is 0. The van der Waals surface area contributed by atoms with Gasteiger partial charge >= 0.3 is 270 Å². The Morgan fingerprint density at radius 1 is 0.826 bits per heavy atom. The molecular formula is C41H38Cl2F2Zr. The van der Waals surface area contributed by atoms with E-state index in [0.717, 1.165) is 38.3 Å². The summed E-state index contributed by atoms with van der Waals surface area (Å²) in [5.74, 6) is -0.293. The van der Waals surface area contributed by atoms with Gasteiger partial charge in [0.15, 0.2) is 0 Å². The summed E-state index contributed by atoms with van der Waals surface area (Å²) in [5, 5.41) is 0.